The van der Waals surface area contributed by atoms with Gasteiger partial charge in [0.25, 0.3) is 0 Å². The normalized spacial score (nSPS) is 24.9. The number of fused-ring (bicyclic) bond motifs is 1. The Bertz CT molecular complexity index is 708. The average molecular weight is 347 g/mol. The second-order valence-electron chi connectivity index (χ2n) is 7.10. The van der Waals surface area contributed by atoms with E-state index >= 15 is 0 Å². The molecule has 0 aliphatic heterocycles. The highest BCUT2D eigenvalue weighted by Gasteiger charge is 2.38. The molecule has 1 aliphatic rings. The van der Waals surface area contributed by atoms with Gasteiger partial charge in [-0.05, 0) is 43.0 Å². The molecule has 0 bridgehead atoms. The van der Waals surface area contributed by atoms with Crippen molar-refractivity contribution in [3.8, 4) is 0 Å². The fourth-order valence-electron chi connectivity index (χ4n) is 3.81. The van der Waals surface area contributed by atoms with Crippen LogP contribution in [-0.2, 0) is 4.79 Å². The summed E-state index contributed by atoms with van der Waals surface area (Å²) in [5.74, 6) is 0.00353. The quantitative estimate of drug-likeness (QED) is 0.868. The maximum atomic E-state index is 12.7. The fourth-order valence-corrected chi connectivity index (χ4v) is 3.81. The molecule has 0 heterocycles. The van der Waals surface area contributed by atoms with Gasteiger partial charge >= 0.3 is 0 Å². The zero-order valence-electron chi connectivity index (χ0n) is 14.4. The van der Waals surface area contributed by atoms with Crippen molar-refractivity contribution in [2.75, 3.05) is 0 Å². The van der Waals surface area contributed by atoms with Crippen LogP contribution in [0.3, 0.4) is 0 Å². The molecule has 24 heavy (non-hydrogen) atoms. The third-order valence-corrected chi connectivity index (χ3v) is 5.22. The minimum absolute atomic E-state index is 0. The predicted octanol–water partition coefficient (Wildman–Crippen LogP) is 4.35. The molecule has 2 aromatic carbocycles. The lowest BCUT2D eigenvalue weighted by Crippen LogP contribution is -2.53. The first kappa shape index (κ1) is 18.8. The Balaban J connectivity index is 0.00000208. The van der Waals surface area contributed by atoms with Crippen molar-refractivity contribution in [3.63, 3.8) is 0 Å². The van der Waals surface area contributed by atoms with E-state index in [1.165, 1.54) is 10.8 Å². The molecule has 3 atom stereocenters. The van der Waals surface area contributed by atoms with Gasteiger partial charge in [-0.15, -0.1) is 12.4 Å². The molecule has 1 amide bonds. The Morgan fingerprint density at radius 2 is 1.92 bits per heavy atom. The number of nitrogens with one attached hydrogen (secondary N) is 1. The van der Waals surface area contributed by atoms with Gasteiger partial charge in [-0.2, -0.15) is 0 Å². The molecule has 130 valence electrons. The number of benzene rings is 2. The number of amides is 1. The summed E-state index contributed by atoms with van der Waals surface area (Å²) in [5.41, 5.74) is 7.14. The predicted molar refractivity (Wildman–Crippen MR) is 102 cm³/mol. The smallest absolute Gasteiger partial charge is 0.225 e. The lowest BCUT2D eigenvalue weighted by molar-refractivity contribution is -0.128. The molecule has 3 unspecified atom stereocenters. The Kier molecular flexibility index (Phi) is 5.89. The molecule has 0 aromatic heterocycles. The summed E-state index contributed by atoms with van der Waals surface area (Å²) in [4.78, 5) is 12.7. The maximum Gasteiger partial charge on any atom is 0.225 e. The van der Waals surface area contributed by atoms with E-state index in [2.05, 4.69) is 36.5 Å². The van der Waals surface area contributed by atoms with Gasteiger partial charge in [-0.1, -0.05) is 55.3 Å². The highest BCUT2D eigenvalue weighted by Crippen LogP contribution is 2.32. The molecule has 1 saturated carbocycles. The van der Waals surface area contributed by atoms with Gasteiger partial charge < -0.3 is 11.1 Å². The number of halogens is 1. The molecule has 3 nitrogen and oxygen atoms in total. The van der Waals surface area contributed by atoms with Gasteiger partial charge in [0.05, 0.1) is 12.0 Å². The van der Waals surface area contributed by atoms with Crippen molar-refractivity contribution in [3.05, 3.63) is 48.0 Å². The summed E-state index contributed by atoms with van der Waals surface area (Å²) in [6.07, 6.45) is 4.03. The van der Waals surface area contributed by atoms with Crippen molar-refractivity contribution in [1.29, 1.82) is 0 Å². The summed E-state index contributed by atoms with van der Waals surface area (Å²) >= 11 is 0. The minimum Gasteiger partial charge on any atom is -0.349 e. The summed E-state index contributed by atoms with van der Waals surface area (Å²) < 4.78 is 0. The first-order chi connectivity index (χ1) is 11.0. The van der Waals surface area contributed by atoms with E-state index in [0.29, 0.717) is 0 Å². The molecule has 0 spiro atoms. The van der Waals surface area contributed by atoms with Crippen LogP contribution in [0.25, 0.3) is 10.8 Å². The van der Waals surface area contributed by atoms with Gasteiger partial charge in [0.2, 0.25) is 5.91 Å². The van der Waals surface area contributed by atoms with E-state index in [-0.39, 0.29) is 35.8 Å². The molecule has 1 aliphatic carbocycles. The van der Waals surface area contributed by atoms with E-state index in [9.17, 15) is 4.79 Å². The van der Waals surface area contributed by atoms with Crippen LogP contribution in [0.4, 0.5) is 0 Å². The number of nitrogens with two attached hydrogens (primary N) is 1. The topological polar surface area (TPSA) is 55.1 Å². The van der Waals surface area contributed by atoms with Gasteiger partial charge in [-0.3, -0.25) is 4.79 Å². The second-order valence-corrected chi connectivity index (χ2v) is 7.10. The van der Waals surface area contributed by atoms with E-state index in [0.717, 1.165) is 31.2 Å². The van der Waals surface area contributed by atoms with Crippen molar-refractivity contribution < 1.29 is 4.79 Å². The molecule has 1 fully saturated rings. The monoisotopic (exact) mass is 346 g/mol. The number of hydrogen-bond donors (Lipinski definition) is 2. The van der Waals surface area contributed by atoms with Crippen LogP contribution in [-0.4, -0.2) is 11.4 Å². The van der Waals surface area contributed by atoms with Crippen molar-refractivity contribution in [2.45, 2.75) is 51.1 Å². The molecular formula is C20H27ClN2O. The average Bonchev–Trinajstić information content (AvgIpc) is 2.53. The van der Waals surface area contributed by atoms with Crippen LogP contribution in [0.2, 0.25) is 0 Å². The second kappa shape index (κ2) is 7.54. The lowest BCUT2D eigenvalue weighted by Gasteiger charge is -2.37. The van der Waals surface area contributed by atoms with Gasteiger partial charge in [0.1, 0.15) is 0 Å². The highest BCUT2D eigenvalue weighted by atomic mass is 35.5. The maximum absolute atomic E-state index is 12.7. The van der Waals surface area contributed by atoms with Crippen LogP contribution in [0, 0.1) is 5.92 Å². The Morgan fingerprint density at radius 1 is 1.21 bits per heavy atom. The number of hydrogen-bond acceptors (Lipinski definition) is 2. The number of carbonyl (C=O) groups excluding carboxylic acids is 1. The zero-order chi connectivity index (χ0) is 16.4. The molecule has 0 radical (unpaired) electrons. The van der Waals surface area contributed by atoms with Crippen LogP contribution in [0.15, 0.2) is 42.5 Å². The Hall–Kier alpha value is -1.58. The van der Waals surface area contributed by atoms with E-state index in [1.807, 2.05) is 25.1 Å². The highest BCUT2D eigenvalue weighted by molar-refractivity contribution is 5.87. The van der Waals surface area contributed by atoms with E-state index in [4.69, 9.17) is 5.73 Å². The third-order valence-electron chi connectivity index (χ3n) is 5.22. The van der Waals surface area contributed by atoms with Gasteiger partial charge in [0.15, 0.2) is 0 Å². The summed E-state index contributed by atoms with van der Waals surface area (Å²) in [7, 11) is 0. The molecule has 2 aromatic rings. The lowest BCUT2D eigenvalue weighted by atomic mass is 9.74. The molecular weight excluding hydrogens is 320 g/mol. The van der Waals surface area contributed by atoms with Crippen molar-refractivity contribution in [2.24, 2.45) is 11.7 Å². The van der Waals surface area contributed by atoms with Gasteiger partial charge in [-0.25, -0.2) is 0 Å². The standard InChI is InChI=1S/C20H26N2O.ClH/c1-14(16-11-7-9-15-8-3-4-10-17(15)16)22-19(23)18-12-5-6-13-20(18,2)21;/h3-4,7-11,14,18H,5-6,12-13,21H2,1-2H3,(H,22,23);1H. The van der Waals surface area contributed by atoms with E-state index < -0.39 is 0 Å². The summed E-state index contributed by atoms with van der Waals surface area (Å²) in [5, 5.41) is 5.59. The SMILES string of the molecule is CC(NC(=O)C1CCCCC1(C)N)c1cccc2ccccc12.Cl. The third kappa shape index (κ3) is 3.73. The largest absolute Gasteiger partial charge is 0.349 e. The van der Waals surface area contributed by atoms with Crippen LogP contribution in [0.1, 0.15) is 51.1 Å². The van der Waals surface area contributed by atoms with Crippen molar-refractivity contribution >= 4 is 29.1 Å². The minimum atomic E-state index is -0.388. The molecule has 3 N–H and O–H groups in total. The number of carbonyl (C=O) groups is 1. The summed E-state index contributed by atoms with van der Waals surface area (Å²) in [6, 6.07) is 14.5. The van der Waals surface area contributed by atoms with Crippen LogP contribution in [0.5, 0.6) is 0 Å². The summed E-state index contributed by atoms with van der Waals surface area (Å²) in [6.45, 7) is 4.06. The number of rotatable bonds is 3. The fraction of sp³-hybridized carbons (Fsp3) is 0.450. The Morgan fingerprint density at radius 3 is 2.67 bits per heavy atom. The Labute approximate surface area is 150 Å². The van der Waals surface area contributed by atoms with Crippen LogP contribution >= 0.6 is 12.4 Å². The van der Waals surface area contributed by atoms with E-state index in [1.54, 1.807) is 0 Å². The molecule has 0 saturated heterocycles. The molecule has 4 heteroatoms. The van der Waals surface area contributed by atoms with Gasteiger partial charge in [0, 0.05) is 5.54 Å². The van der Waals surface area contributed by atoms with Crippen molar-refractivity contribution in [1.82, 2.24) is 5.32 Å². The first-order valence-electron chi connectivity index (χ1n) is 8.56. The van der Waals surface area contributed by atoms with Crippen LogP contribution < -0.4 is 11.1 Å². The zero-order valence-corrected chi connectivity index (χ0v) is 15.2. The first-order valence-corrected chi connectivity index (χ1v) is 8.56. The molecule has 3 rings (SSSR count).